The molecule has 0 unspecified atom stereocenters. The molecular formula is C28H26F6. The average molecular weight is 477 g/mol. The fraction of sp³-hybridized carbons (Fsp3) is 0.357. The lowest BCUT2D eigenvalue weighted by Crippen LogP contribution is -2.13. The Kier molecular flexibility index (Phi) is 7.06. The summed E-state index contributed by atoms with van der Waals surface area (Å²) in [5, 5.41) is 0. The zero-order valence-electron chi connectivity index (χ0n) is 19.1. The van der Waals surface area contributed by atoms with Gasteiger partial charge in [-0.3, -0.25) is 0 Å². The molecule has 0 N–H and O–H groups in total. The third-order valence-corrected chi connectivity index (χ3v) is 6.98. The van der Waals surface area contributed by atoms with Crippen molar-refractivity contribution in [1.82, 2.24) is 0 Å². The van der Waals surface area contributed by atoms with E-state index in [4.69, 9.17) is 0 Å². The molecule has 1 saturated carbocycles. The summed E-state index contributed by atoms with van der Waals surface area (Å²) >= 11 is 0. The standard InChI is InChI=1S/C28H26F6/c1-15-3-5-17(6-4-15)7-8-18-9-23(31)27(24(32)10-18)20-13-25(33)28(26(34)14-20)19-11-21(29)16(2)22(30)12-19/h9-15,17H,3-8H2,1-2H3. The van der Waals surface area contributed by atoms with Crippen molar-refractivity contribution >= 4 is 0 Å². The van der Waals surface area contributed by atoms with Crippen LogP contribution in [-0.4, -0.2) is 0 Å². The van der Waals surface area contributed by atoms with Gasteiger partial charge in [-0.25, -0.2) is 26.3 Å². The maximum absolute atomic E-state index is 14.9. The van der Waals surface area contributed by atoms with E-state index in [9.17, 15) is 26.3 Å². The molecule has 0 spiro atoms. The molecule has 34 heavy (non-hydrogen) atoms. The SMILES string of the molecule is Cc1c(F)cc(-c2c(F)cc(-c3c(F)cc(CCC4CCC(C)CC4)cc3F)cc2F)cc1F. The monoisotopic (exact) mass is 476 g/mol. The van der Waals surface area contributed by atoms with Crippen molar-refractivity contribution in [3.63, 3.8) is 0 Å². The van der Waals surface area contributed by atoms with Gasteiger partial charge in [0.2, 0.25) is 0 Å². The molecule has 4 rings (SSSR count). The fourth-order valence-corrected chi connectivity index (χ4v) is 4.82. The molecule has 0 saturated heterocycles. The van der Waals surface area contributed by atoms with Gasteiger partial charge in [-0.1, -0.05) is 32.6 Å². The van der Waals surface area contributed by atoms with E-state index < -0.39 is 46.0 Å². The highest BCUT2D eigenvalue weighted by Crippen LogP contribution is 2.36. The van der Waals surface area contributed by atoms with E-state index in [1.54, 1.807) is 0 Å². The zero-order chi connectivity index (χ0) is 24.6. The molecule has 0 amide bonds. The van der Waals surface area contributed by atoms with E-state index in [1.807, 2.05) is 0 Å². The van der Waals surface area contributed by atoms with Crippen LogP contribution in [0, 0.1) is 53.7 Å². The highest BCUT2D eigenvalue weighted by molar-refractivity contribution is 5.73. The Labute approximate surface area is 195 Å². The van der Waals surface area contributed by atoms with E-state index in [0.29, 0.717) is 17.9 Å². The Hall–Kier alpha value is -2.76. The Morgan fingerprint density at radius 3 is 1.50 bits per heavy atom. The predicted octanol–water partition coefficient (Wildman–Crippen LogP) is 8.92. The fourth-order valence-electron chi connectivity index (χ4n) is 4.82. The summed E-state index contributed by atoms with van der Waals surface area (Å²) in [5.41, 5.74) is -1.64. The van der Waals surface area contributed by atoms with E-state index in [2.05, 4.69) is 6.92 Å². The summed E-state index contributed by atoms with van der Waals surface area (Å²) in [5.74, 6) is -4.81. The lowest BCUT2D eigenvalue weighted by atomic mass is 9.80. The van der Waals surface area contributed by atoms with E-state index in [1.165, 1.54) is 31.9 Å². The summed E-state index contributed by atoms with van der Waals surface area (Å²) in [6.07, 6.45) is 5.93. The number of halogens is 6. The third kappa shape index (κ3) is 5.01. The van der Waals surface area contributed by atoms with Gasteiger partial charge in [0.15, 0.2) is 0 Å². The molecule has 0 atom stereocenters. The smallest absolute Gasteiger partial charge is 0.134 e. The minimum Gasteiger partial charge on any atom is -0.207 e. The highest BCUT2D eigenvalue weighted by atomic mass is 19.2. The quantitative estimate of drug-likeness (QED) is 0.323. The van der Waals surface area contributed by atoms with Crippen LogP contribution in [0.25, 0.3) is 22.3 Å². The number of hydrogen-bond donors (Lipinski definition) is 0. The predicted molar refractivity (Wildman–Crippen MR) is 121 cm³/mol. The first-order valence-electron chi connectivity index (χ1n) is 11.6. The van der Waals surface area contributed by atoms with Gasteiger partial charge in [-0.05, 0) is 84.7 Å². The van der Waals surface area contributed by atoms with Crippen molar-refractivity contribution in [3.05, 3.63) is 82.4 Å². The Morgan fingerprint density at radius 2 is 1.03 bits per heavy atom. The van der Waals surface area contributed by atoms with Crippen LogP contribution >= 0.6 is 0 Å². The maximum atomic E-state index is 14.9. The highest BCUT2D eigenvalue weighted by Gasteiger charge is 2.22. The molecule has 0 aromatic heterocycles. The molecule has 1 aliphatic rings. The second kappa shape index (κ2) is 9.85. The molecule has 0 heterocycles. The molecule has 0 radical (unpaired) electrons. The molecule has 3 aromatic rings. The Morgan fingerprint density at radius 1 is 0.618 bits per heavy atom. The molecule has 180 valence electrons. The molecular weight excluding hydrogens is 450 g/mol. The molecule has 0 bridgehead atoms. The topological polar surface area (TPSA) is 0 Å². The van der Waals surface area contributed by atoms with E-state index in [0.717, 1.165) is 49.4 Å². The van der Waals surface area contributed by atoms with E-state index >= 15 is 0 Å². The number of aryl methyl sites for hydroxylation is 1. The maximum Gasteiger partial charge on any atom is 0.134 e. The largest absolute Gasteiger partial charge is 0.207 e. The zero-order valence-corrected chi connectivity index (χ0v) is 19.1. The lowest BCUT2D eigenvalue weighted by molar-refractivity contribution is 0.277. The van der Waals surface area contributed by atoms with Crippen molar-refractivity contribution in [2.45, 2.75) is 52.4 Å². The minimum atomic E-state index is -1.17. The van der Waals surface area contributed by atoms with Crippen LogP contribution in [0.2, 0.25) is 0 Å². The van der Waals surface area contributed by atoms with Crippen LogP contribution in [0.4, 0.5) is 26.3 Å². The van der Waals surface area contributed by atoms with Crippen LogP contribution in [0.1, 0.15) is 50.2 Å². The second-order valence-electron chi connectivity index (χ2n) is 9.48. The first-order chi connectivity index (χ1) is 16.1. The number of rotatable bonds is 5. The average Bonchev–Trinajstić information content (AvgIpc) is 2.76. The van der Waals surface area contributed by atoms with Crippen molar-refractivity contribution in [3.8, 4) is 22.3 Å². The summed E-state index contributed by atoms with van der Waals surface area (Å²) in [4.78, 5) is 0. The molecule has 1 fully saturated rings. The number of hydrogen-bond acceptors (Lipinski definition) is 0. The van der Waals surface area contributed by atoms with Gasteiger partial charge < -0.3 is 0 Å². The van der Waals surface area contributed by atoms with Crippen LogP contribution in [0.15, 0.2) is 36.4 Å². The lowest BCUT2D eigenvalue weighted by Gasteiger charge is -2.26. The van der Waals surface area contributed by atoms with Gasteiger partial charge in [0.25, 0.3) is 0 Å². The van der Waals surface area contributed by atoms with Crippen LogP contribution in [-0.2, 0) is 6.42 Å². The summed E-state index contributed by atoms with van der Waals surface area (Å²) in [6, 6.07) is 5.61. The van der Waals surface area contributed by atoms with Crippen LogP contribution in [0.3, 0.4) is 0 Å². The first-order valence-corrected chi connectivity index (χ1v) is 11.6. The van der Waals surface area contributed by atoms with Gasteiger partial charge >= 0.3 is 0 Å². The minimum absolute atomic E-state index is 0.275. The molecule has 0 nitrogen and oxygen atoms in total. The summed E-state index contributed by atoms with van der Waals surface area (Å²) in [6.45, 7) is 3.43. The summed E-state index contributed by atoms with van der Waals surface area (Å²) < 4.78 is 87.1. The molecule has 1 aliphatic carbocycles. The van der Waals surface area contributed by atoms with Crippen molar-refractivity contribution in [1.29, 1.82) is 0 Å². The van der Waals surface area contributed by atoms with Gasteiger partial charge in [-0.2, -0.15) is 0 Å². The molecule has 6 heteroatoms. The van der Waals surface area contributed by atoms with Gasteiger partial charge in [0.05, 0.1) is 11.1 Å². The van der Waals surface area contributed by atoms with Crippen molar-refractivity contribution in [2.75, 3.05) is 0 Å². The van der Waals surface area contributed by atoms with Gasteiger partial charge in [-0.15, -0.1) is 0 Å². The van der Waals surface area contributed by atoms with Crippen LogP contribution in [0.5, 0.6) is 0 Å². The Bertz CT molecular complexity index is 1140. The normalized spacial score (nSPS) is 18.4. The van der Waals surface area contributed by atoms with Gasteiger partial charge in [0.1, 0.15) is 34.9 Å². The molecule has 0 aliphatic heterocycles. The summed E-state index contributed by atoms with van der Waals surface area (Å²) in [7, 11) is 0. The molecule has 3 aromatic carbocycles. The Balaban J connectivity index is 1.61. The first kappa shape index (κ1) is 24.4. The third-order valence-electron chi connectivity index (χ3n) is 6.98. The number of benzene rings is 3. The van der Waals surface area contributed by atoms with Crippen molar-refractivity contribution < 1.29 is 26.3 Å². The second-order valence-corrected chi connectivity index (χ2v) is 9.48. The van der Waals surface area contributed by atoms with Gasteiger partial charge in [0, 0.05) is 5.56 Å². The van der Waals surface area contributed by atoms with Crippen molar-refractivity contribution in [2.24, 2.45) is 11.8 Å². The van der Waals surface area contributed by atoms with E-state index in [-0.39, 0.29) is 16.7 Å². The van der Waals surface area contributed by atoms with Crippen LogP contribution < -0.4 is 0 Å².